The van der Waals surface area contributed by atoms with E-state index in [1.165, 1.54) is 11.3 Å². The van der Waals surface area contributed by atoms with Crippen LogP contribution in [0.2, 0.25) is 0 Å². The van der Waals surface area contributed by atoms with Gasteiger partial charge in [-0.3, -0.25) is 4.98 Å². The summed E-state index contributed by atoms with van der Waals surface area (Å²) in [5.74, 6) is -0.983. The minimum Gasteiger partial charge on any atom is -0.476 e. The quantitative estimate of drug-likeness (QED) is 0.842. The van der Waals surface area contributed by atoms with Gasteiger partial charge in [0.05, 0.1) is 5.69 Å². The van der Waals surface area contributed by atoms with Crippen molar-refractivity contribution in [2.45, 2.75) is 6.92 Å². The van der Waals surface area contributed by atoms with Gasteiger partial charge in [0.15, 0.2) is 0 Å². The fourth-order valence-electron chi connectivity index (χ4n) is 1.27. The van der Waals surface area contributed by atoms with Gasteiger partial charge in [-0.25, -0.2) is 9.78 Å². The monoisotopic (exact) mass is 220 g/mol. The molecule has 2 aromatic rings. The van der Waals surface area contributed by atoms with Gasteiger partial charge in [-0.2, -0.15) is 0 Å². The molecule has 0 fully saturated rings. The van der Waals surface area contributed by atoms with Crippen LogP contribution in [0.25, 0.3) is 11.3 Å². The summed E-state index contributed by atoms with van der Waals surface area (Å²) in [6, 6.07) is 3.63. The van der Waals surface area contributed by atoms with Gasteiger partial charge in [0.25, 0.3) is 0 Å². The van der Waals surface area contributed by atoms with E-state index in [0.717, 1.165) is 16.1 Å². The minimum absolute atomic E-state index is 0.124. The van der Waals surface area contributed by atoms with E-state index in [-0.39, 0.29) is 5.01 Å². The van der Waals surface area contributed by atoms with Crippen molar-refractivity contribution in [1.82, 2.24) is 9.97 Å². The van der Waals surface area contributed by atoms with Gasteiger partial charge < -0.3 is 5.11 Å². The molecule has 2 rings (SSSR count). The first-order valence-electron chi connectivity index (χ1n) is 4.29. The topological polar surface area (TPSA) is 63.1 Å². The zero-order chi connectivity index (χ0) is 10.8. The second-order valence-electron chi connectivity index (χ2n) is 2.96. The third-order valence-corrected chi connectivity index (χ3v) is 2.89. The molecule has 0 radical (unpaired) electrons. The molecule has 76 valence electrons. The van der Waals surface area contributed by atoms with Crippen LogP contribution in [0.4, 0.5) is 0 Å². The average Bonchev–Trinajstić information content (AvgIpc) is 2.62. The predicted octanol–water partition coefficient (Wildman–Crippen LogP) is 2.21. The minimum atomic E-state index is -0.983. The third-order valence-electron chi connectivity index (χ3n) is 1.93. The zero-order valence-corrected chi connectivity index (χ0v) is 8.78. The number of carbonyl (C=O) groups is 1. The number of aryl methyl sites for hydroxylation is 1. The first-order chi connectivity index (χ1) is 7.18. The predicted molar refractivity (Wildman–Crippen MR) is 57.0 cm³/mol. The van der Waals surface area contributed by atoms with Crippen molar-refractivity contribution in [3.63, 3.8) is 0 Å². The molecule has 15 heavy (non-hydrogen) atoms. The normalized spacial score (nSPS) is 10.2. The van der Waals surface area contributed by atoms with Gasteiger partial charge >= 0.3 is 5.97 Å². The Kier molecular flexibility index (Phi) is 2.47. The molecule has 0 aliphatic rings. The van der Waals surface area contributed by atoms with Crippen LogP contribution in [-0.2, 0) is 0 Å². The molecule has 0 aliphatic heterocycles. The molecule has 0 aliphatic carbocycles. The van der Waals surface area contributed by atoms with Crippen molar-refractivity contribution in [2.75, 3.05) is 0 Å². The highest BCUT2D eigenvalue weighted by Crippen LogP contribution is 2.26. The summed E-state index contributed by atoms with van der Waals surface area (Å²) in [7, 11) is 0. The summed E-state index contributed by atoms with van der Waals surface area (Å²) in [5, 5.41) is 8.93. The number of carboxylic acids is 1. The van der Waals surface area contributed by atoms with Gasteiger partial charge in [0.1, 0.15) is 0 Å². The number of nitrogens with zero attached hydrogens (tertiary/aromatic N) is 2. The Morgan fingerprint density at radius 3 is 2.60 bits per heavy atom. The number of aromatic carboxylic acids is 1. The standard InChI is InChI=1S/C10H8N2O2S/c1-6-8(7-2-4-11-5-3-7)12-9(15-6)10(13)14/h2-5H,1H3,(H,13,14). The lowest BCUT2D eigenvalue weighted by atomic mass is 10.2. The number of rotatable bonds is 2. The van der Waals surface area contributed by atoms with E-state index >= 15 is 0 Å². The fraction of sp³-hybridized carbons (Fsp3) is 0.100. The molecule has 0 amide bonds. The highest BCUT2D eigenvalue weighted by Gasteiger charge is 2.13. The summed E-state index contributed by atoms with van der Waals surface area (Å²) in [6.45, 7) is 1.86. The second kappa shape index (κ2) is 3.78. The Morgan fingerprint density at radius 1 is 1.40 bits per heavy atom. The van der Waals surface area contributed by atoms with Crippen molar-refractivity contribution in [1.29, 1.82) is 0 Å². The lowest BCUT2D eigenvalue weighted by molar-refractivity contribution is 0.0696. The molecule has 2 aromatic heterocycles. The molecule has 0 unspecified atom stereocenters. The Bertz CT molecular complexity index is 493. The number of aromatic nitrogens is 2. The van der Waals surface area contributed by atoms with Crippen LogP contribution >= 0.6 is 11.3 Å². The Morgan fingerprint density at radius 2 is 2.07 bits per heavy atom. The van der Waals surface area contributed by atoms with Gasteiger partial charge in [0.2, 0.25) is 5.01 Å². The summed E-state index contributed by atoms with van der Waals surface area (Å²) in [6.07, 6.45) is 3.32. The van der Waals surface area contributed by atoms with Crippen molar-refractivity contribution in [3.05, 3.63) is 34.4 Å². The number of hydrogen-bond donors (Lipinski definition) is 1. The van der Waals surface area contributed by atoms with E-state index in [0.29, 0.717) is 0 Å². The van der Waals surface area contributed by atoms with Crippen LogP contribution in [0.1, 0.15) is 14.7 Å². The molecule has 0 saturated heterocycles. The van der Waals surface area contributed by atoms with Gasteiger partial charge in [-0.15, -0.1) is 11.3 Å². The molecule has 2 heterocycles. The molecule has 1 N–H and O–H groups in total. The lowest BCUT2D eigenvalue weighted by Gasteiger charge is -1.95. The Hall–Kier alpha value is -1.75. The Balaban J connectivity index is 2.50. The summed E-state index contributed by atoms with van der Waals surface area (Å²) < 4.78 is 0. The SMILES string of the molecule is Cc1sc(C(=O)O)nc1-c1ccncc1. The lowest BCUT2D eigenvalue weighted by Crippen LogP contribution is -1.94. The first kappa shape index (κ1) is 9.79. The van der Waals surface area contributed by atoms with Crippen LogP contribution in [0.15, 0.2) is 24.5 Å². The maximum absolute atomic E-state index is 10.7. The van der Waals surface area contributed by atoms with Crippen molar-refractivity contribution < 1.29 is 9.90 Å². The summed E-state index contributed by atoms with van der Waals surface area (Å²) in [4.78, 5) is 19.6. The molecule has 0 aromatic carbocycles. The number of carboxylic acid groups (broad SMARTS) is 1. The van der Waals surface area contributed by atoms with Crippen LogP contribution in [0.5, 0.6) is 0 Å². The molecule has 0 atom stereocenters. The van der Waals surface area contributed by atoms with E-state index < -0.39 is 5.97 Å². The van der Waals surface area contributed by atoms with Gasteiger partial charge in [-0.1, -0.05) is 0 Å². The second-order valence-corrected chi connectivity index (χ2v) is 4.17. The van der Waals surface area contributed by atoms with Crippen LogP contribution in [0.3, 0.4) is 0 Å². The number of hydrogen-bond acceptors (Lipinski definition) is 4. The summed E-state index contributed by atoms with van der Waals surface area (Å²) >= 11 is 1.19. The largest absolute Gasteiger partial charge is 0.476 e. The molecule has 0 bridgehead atoms. The van der Waals surface area contributed by atoms with Crippen molar-refractivity contribution in [3.8, 4) is 11.3 Å². The Labute approximate surface area is 90.3 Å². The maximum Gasteiger partial charge on any atom is 0.365 e. The third kappa shape index (κ3) is 1.87. The number of pyridine rings is 1. The smallest absolute Gasteiger partial charge is 0.365 e. The molecule has 5 heteroatoms. The van der Waals surface area contributed by atoms with E-state index in [2.05, 4.69) is 9.97 Å². The fourth-order valence-corrected chi connectivity index (χ4v) is 2.04. The van der Waals surface area contributed by atoms with Gasteiger partial charge in [-0.05, 0) is 19.1 Å². The first-order valence-corrected chi connectivity index (χ1v) is 5.11. The van der Waals surface area contributed by atoms with Crippen LogP contribution in [0, 0.1) is 6.92 Å². The molecular weight excluding hydrogens is 212 g/mol. The molecule has 4 nitrogen and oxygen atoms in total. The highest BCUT2D eigenvalue weighted by atomic mass is 32.1. The van der Waals surface area contributed by atoms with E-state index in [4.69, 9.17) is 5.11 Å². The van der Waals surface area contributed by atoms with Crippen LogP contribution < -0.4 is 0 Å². The van der Waals surface area contributed by atoms with E-state index in [1.807, 2.05) is 19.1 Å². The highest BCUT2D eigenvalue weighted by molar-refractivity contribution is 7.13. The van der Waals surface area contributed by atoms with E-state index in [1.54, 1.807) is 12.4 Å². The molecule has 0 spiro atoms. The van der Waals surface area contributed by atoms with Crippen LogP contribution in [-0.4, -0.2) is 21.0 Å². The molecule has 0 saturated carbocycles. The maximum atomic E-state index is 10.7. The van der Waals surface area contributed by atoms with Crippen molar-refractivity contribution >= 4 is 17.3 Å². The van der Waals surface area contributed by atoms with Crippen molar-refractivity contribution in [2.24, 2.45) is 0 Å². The number of thiazole rings is 1. The summed E-state index contributed by atoms with van der Waals surface area (Å²) in [5.41, 5.74) is 1.62. The molecular formula is C10H8N2O2S. The average molecular weight is 220 g/mol. The van der Waals surface area contributed by atoms with E-state index in [9.17, 15) is 4.79 Å². The zero-order valence-electron chi connectivity index (χ0n) is 7.97. The van der Waals surface area contributed by atoms with Gasteiger partial charge in [0, 0.05) is 22.8 Å².